The molecule has 0 heterocycles. The molecule has 2 rings (SSSR count). The quantitative estimate of drug-likeness (QED) is 0.714. The van der Waals surface area contributed by atoms with Crippen LogP contribution in [0.3, 0.4) is 0 Å². The summed E-state index contributed by atoms with van der Waals surface area (Å²) >= 11 is 9.38. The molecule has 0 unspecified atom stereocenters. The SMILES string of the molecule is COC(=O)[C@H](Cc1cc(Cl)ccc1Br)NC(=O)Cc1ccc(F)cc1. The Labute approximate surface area is 158 Å². The summed E-state index contributed by atoms with van der Waals surface area (Å²) in [6.45, 7) is 0. The van der Waals surface area contributed by atoms with E-state index in [0.717, 1.165) is 10.0 Å². The summed E-state index contributed by atoms with van der Waals surface area (Å²) in [6.07, 6.45) is 0.257. The Balaban J connectivity index is 2.09. The van der Waals surface area contributed by atoms with Crippen LogP contribution in [0.2, 0.25) is 5.02 Å². The van der Waals surface area contributed by atoms with E-state index in [1.165, 1.54) is 31.4 Å². The van der Waals surface area contributed by atoms with Gasteiger partial charge in [0.05, 0.1) is 13.5 Å². The molecule has 0 bridgehead atoms. The van der Waals surface area contributed by atoms with E-state index in [4.69, 9.17) is 16.3 Å². The Kier molecular flexibility index (Phi) is 6.96. The lowest BCUT2D eigenvalue weighted by molar-refractivity contribution is -0.145. The molecule has 0 radical (unpaired) electrons. The predicted molar refractivity (Wildman–Crippen MR) is 96.9 cm³/mol. The van der Waals surface area contributed by atoms with E-state index < -0.39 is 12.0 Å². The summed E-state index contributed by atoms with van der Waals surface area (Å²) in [5, 5.41) is 3.18. The largest absolute Gasteiger partial charge is 0.467 e. The third-order valence-electron chi connectivity index (χ3n) is 3.53. The maximum Gasteiger partial charge on any atom is 0.328 e. The van der Waals surface area contributed by atoms with E-state index >= 15 is 0 Å². The van der Waals surface area contributed by atoms with Gasteiger partial charge in [0.1, 0.15) is 11.9 Å². The summed E-state index contributed by atoms with van der Waals surface area (Å²) in [5.41, 5.74) is 1.41. The number of benzene rings is 2. The van der Waals surface area contributed by atoms with Crippen molar-refractivity contribution in [3.05, 3.63) is 68.9 Å². The minimum absolute atomic E-state index is 0.0322. The van der Waals surface area contributed by atoms with Crippen molar-refractivity contribution < 1.29 is 18.7 Å². The van der Waals surface area contributed by atoms with Crippen molar-refractivity contribution in [3.63, 3.8) is 0 Å². The van der Waals surface area contributed by atoms with Crippen LogP contribution < -0.4 is 5.32 Å². The van der Waals surface area contributed by atoms with Gasteiger partial charge in [-0.25, -0.2) is 9.18 Å². The van der Waals surface area contributed by atoms with Crippen LogP contribution in [0.15, 0.2) is 46.9 Å². The molecule has 7 heteroatoms. The van der Waals surface area contributed by atoms with Gasteiger partial charge in [0.2, 0.25) is 5.91 Å². The number of ether oxygens (including phenoxy) is 1. The molecule has 0 fully saturated rings. The molecule has 0 spiro atoms. The number of hydrogen-bond acceptors (Lipinski definition) is 3. The highest BCUT2D eigenvalue weighted by Gasteiger charge is 2.23. The van der Waals surface area contributed by atoms with Crippen molar-refractivity contribution in [3.8, 4) is 0 Å². The molecule has 0 aliphatic carbocycles. The Bertz CT molecular complexity index is 767. The summed E-state index contributed by atoms with van der Waals surface area (Å²) in [6, 6.07) is 9.96. The van der Waals surface area contributed by atoms with E-state index in [1.807, 2.05) is 0 Å². The Morgan fingerprint density at radius 1 is 1.24 bits per heavy atom. The summed E-state index contributed by atoms with van der Waals surface area (Å²) < 4.78 is 18.5. The zero-order chi connectivity index (χ0) is 18.4. The number of esters is 1. The van der Waals surface area contributed by atoms with Gasteiger partial charge in [0.15, 0.2) is 0 Å². The fourth-order valence-electron chi connectivity index (χ4n) is 2.29. The van der Waals surface area contributed by atoms with E-state index in [1.54, 1.807) is 18.2 Å². The van der Waals surface area contributed by atoms with Crippen LogP contribution >= 0.6 is 27.5 Å². The van der Waals surface area contributed by atoms with Crippen molar-refractivity contribution in [1.29, 1.82) is 0 Å². The molecule has 0 saturated carbocycles. The molecule has 1 N–H and O–H groups in total. The second-order valence-corrected chi connectivity index (χ2v) is 6.68. The first-order chi connectivity index (χ1) is 11.9. The van der Waals surface area contributed by atoms with Crippen LogP contribution in [-0.2, 0) is 27.2 Å². The van der Waals surface area contributed by atoms with Crippen molar-refractivity contribution in [1.82, 2.24) is 5.32 Å². The van der Waals surface area contributed by atoms with E-state index in [2.05, 4.69) is 21.2 Å². The number of nitrogens with one attached hydrogen (secondary N) is 1. The van der Waals surface area contributed by atoms with Crippen molar-refractivity contribution in [2.24, 2.45) is 0 Å². The second-order valence-electron chi connectivity index (χ2n) is 5.39. The Morgan fingerprint density at radius 2 is 1.92 bits per heavy atom. The van der Waals surface area contributed by atoms with Crippen molar-refractivity contribution in [2.45, 2.75) is 18.9 Å². The van der Waals surface area contributed by atoms with Gasteiger partial charge in [-0.2, -0.15) is 0 Å². The number of rotatable bonds is 6. The number of methoxy groups -OCH3 is 1. The van der Waals surface area contributed by atoms with Crippen LogP contribution in [-0.4, -0.2) is 25.0 Å². The Morgan fingerprint density at radius 3 is 2.56 bits per heavy atom. The van der Waals surface area contributed by atoms with Crippen LogP contribution in [0.5, 0.6) is 0 Å². The number of carbonyl (C=O) groups is 2. The van der Waals surface area contributed by atoms with Gasteiger partial charge in [-0.15, -0.1) is 0 Å². The van der Waals surface area contributed by atoms with Gasteiger partial charge in [-0.1, -0.05) is 39.7 Å². The van der Waals surface area contributed by atoms with Gasteiger partial charge in [-0.05, 0) is 41.5 Å². The van der Waals surface area contributed by atoms with Gasteiger partial charge >= 0.3 is 5.97 Å². The van der Waals surface area contributed by atoms with Crippen molar-refractivity contribution >= 4 is 39.4 Å². The van der Waals surface area contributed by atoms with E-state index in [0.29, 0.717) is 10.6 Å². The minimum Gasteiger partial charge on any atom is -0.467 e. The van der Waals surface area contributed by atoms with Crippen LogP contribution in [0.1, 0.15) is 11.1 Å². The molecule has 0 aliphatic heterocycles. The van der Waals surface area contributed by atoms with E-state index in [9.17, 15) is 14.0 Å². The fourth-order valence-corrected chi connectivity index (χ4v) is 2.89. The second kappa shape index (κ2) is 8.97. The highest BCUT2D eigenvalue weighted by molar-refractivity contribution is 9.10. The molecule has 1 atom stereocenters. The van der Waals surface area contributed by atoms with Crippen LogP contribution in [0, 0.1) is 5.82 Å². The molecule has 2 aromatic carbocycles. The number of amides is 1. The number of carbonyl (C=O) groups excluding carboxylic acids is 2. The zero-order valence-electron chi connectivity index (χ0n) is 13.4. The molecular weight excluding hydrogens is 413 g/mol. The van der Waals surface area contributed by atoms with Gasteiger partial charge in [0, 0.05) is 15.9 Å². The first-order valence-electron chi connectivity index (χ1n) is 7.44. The third-order valence-corrected chi connectivity index (χ3v) is 4.54. The normalized spacial score (nSPS) is 11.7. The number of halogens is 3. The summed E-state index contributed by atoms with van der Waals surface area (Å²) in [7, 11) is 1.26. The maximum atomic E-state index is 12.9. The zero-order valence-corrected chi connectivity index (χ0v) is 15.7. The number of hydrogen-bond donors (Lipinski definition) is 1. The van der Waals surface area contributed by atoms with E-state index in [-0.39, 0.29) is 24.6 Å². The first kappa shape index (κ1) is 19.4. The topological polar surface area (TPSA) is 55.4 Å². The standard InChI is InChI=1S/C18H16BrClFNO3/c1-25-18(24)16(10-12-9-13(20)4-7-15(12)19)22-17(23)8-11-2-5-14(21)6-3-11/h2-7,9,16H,8,10H2,1H3,(H,22,23)/t16-/m0/s1. The molecule has 0 saturated heterocycles. The predicted octanol–water partition coefficient (Wildman–Crippen LogP) is 3.68. The van der Waals surface area contributed by atoms with Gasteiger partial charge in [-0.3, -0.25) is 4.79 Å². The van der Waals surface area contributed by atoms with Gasteiger partial charge < -0.3 is 10.1 Å². The molecule has 1 amide bonds. The molecule has 25 heavy (non-hydrogen) atoms. The molecule has 0 aliphatic rings. The lowest BCUT2D eigenvalue weighted by atomic mass is 10.1. The first-order valence-corrected chi connectivity index (χ1v) is 8.61. The summed E-state index contributed by atoms with van der Waals surface area (Å²) in [4.78, 5) is 24.2. The third kappa shape index (κ3) is 5.83. The summed E-state index contributed by atoms with van der Waals surface area (Å²) in [5.74, 6) is -1.29. The molecule has 0 aromatic heterocycles. The highest BCUT2D eigenvalue weighted by Crippen LogP contribution is 2.22. The molecule has 2 aromatic rings. The smallest absolute Gasteiger partial charge is 0.328 e. The molecule has 132 valence electrons. The maximum absolute atomic E-state index is 12.9. The average molecular weight is 429 g/mol. The van der Waals surface area contributed by atoms with Crippen molar-refractivity contribution in [2.75, 3.05) is 7.11 Å². The fraction of sp³-hybridized carbons (Fsp3) is 0.222. The molecule has 4 nitrogen and oxygen atoms in total. The van der Waals surface area contributed by atoms with Gasteiger partial charge in [0.25, 0.3) is 0 Å². The molecular formula is C18H16BrClFNO3. The lowest BCUT2D eigenvalue weighted by Gasteiger charge is -2.17. The average Bonchev–Trinajstić information content (AvgIpc) is 2.58. The minimum atomic E-state index is -0.854. The Hall–Kier alpha value is -1.92. The van der Waals surface area contributed by atoms with Crippen LogP contribution in [0.25, 0.3) is 0 Å². The van der Waals surface area contributed by atoms with Crippen LogP contribution in [0.4, 0.5) is 4.39 Å². The highest BCUT2D eigenvalue weighted by atomic mass is 79.9. The monoisotopic (exact) mass is 427 g/mol. The lowest BCUT2D eigenvalue weighted by Crippen LogP contribution is -2.43.